The van der Waals surface area contributed by atoms with E-state index >= 15 is 0 Å². The molecule has 0 fully saturated rings. The number of aromatic nitrogens is 1. The van der Waals surface area contributed by atoms with Gasteiger partial charge in [-0.3, -0.25) is 0 Å². The fraction of sp³-hybridized carbons (Fsp3) is 0.613. The van der Waals surface area contributed by atoms with E-state index in [4.69, 9.17) is 18.9 Å². The summed E-state index contributed by atoms with van der Waals surface area (Å²) in [5, 5.41) is 0. The molecule has 7 nitrogen and oxygen atoms in total. The Hall–Kier alpha value is -2.87. The van der Waals surface area contributed by atoms with Crippen LogP contribution in [0, 0.1) is 5.82 Å². The second kappa shape index (κ2) is 20.1. The van der Waals surface area contributed by atoms with Gasteiger partial charge in [0.05, 0.1) is 19.8 Å². The second-order valence-electron chi connectivity index (χ2n) is 9.87. The first-order chi connectivity index (χ1) is 19.0. The van der Waals surface area contributed by atoms with Crippen LogP contribution in [0.15, 0.2) is 36.5 Å². The molecule has 0 saturated heterocycles. The maximum Gasteiger partial charge on any atom is 0.511 e. The molecule has 8 heteroatoms. The van der Waals surface area contributed by atoms with Crippen molar-refractivity contribution in [1.82, 2.24) is 4.98 Å². The number of carbonyl (C=O) groups excluding carboxylic acids is 2. The molecule has 1 heterocycles. The molecule has 39 heavy (non-hydrogen) atoms. The molecular formula is C31H46FNO6. The standard InChI is InChI=1S/C31H46FNO6/c1-3-4-5-6-7-8-9-10-11-12-16-20-27-23-33-29(28(27)32)30(34)38-25(2)39-31(35)37-22-17-21-36-24-26-18-14-13-15-19-26/h13-15,18-19,23,25,33H,3-12,16-17,20-22,24H2,1-2H3. The highest BCUT2D eigenvalue weighted by molar-refractivity contribution is 5.88. The third kappa shape index (κ3) is 14.2. The minimum Gasteiger partial charge on any atom is -0.434 e. The van der Waals surface area contributed by atoms with E-state index in [1.54, 1.807) is 0 Å². The molecule has 218 valence electrons. The molecule has 1 aromatic carbocycles. The Labute approximate surface area is 232 Å². The van der Waals surface area contributed by atoms with Gasteiger partial charge in [-0.05, 0) is 18.4 Å². The van der Waals surface area contributed by atoms with Crippen LogP contribution in [0.4, 0.5) is 9.18 Å². The quantitative estimate of drug-likeness (QED) is 0.0961. The smallest absolute Gasteiger partial charge is 0.434 e. The fourth-order valence-corrected chi connectivity index (χ4v) is 4.24. The number of aryl methyl sites for hydroxylation is 1. The largest absolute Gasteiger partial charge is 0.511 e. The summed E-state index contributed by atoms with van der Waals surface area (Å²) in [6.45, 7) is 4.60. The molecule has 0 aliphatic rings. The van der Waals surface area contributed by atoms with Crippen LogP contribution < -0.4 is 0 Å². The van der Waals surface area contributed by atoms with Crippen LogP contribution in [0.25, 0.3) is 0 Å². The number of benzene rings is 1. The van der Waals surface area contributed by atoms with E-state index in [2.05, 4.69) is 11.9 Å². The molecule has 1 unspecified atom stereocenters. The zero-order chi connectivity index (χ0) is 28.1. The summed E-state index contributed by atoms with van der Waals surface area (Å²) in [6.07, 6.45) is 13.8. The normalized spacial score (nSPS) is 11.8. The van der Waals surface area contributed by atoms with Crippen LogP contribution in [0.5, 0.6) is 0 Å². The minimum absolute atomic E-state index is 0.0992. The van der Waals surface area contributed by atoms with Crippen LogP contribution in [0.2, 0.25) is 0 Å². The zero-order valence-corrected chi connectivity index (χ0v) is 23.7. The molecule has 0 spiro atoms. The van der Waals surface area contributed by atoms with Crippen LogP contribution in [0.3, 0.4) is 0 Å². The van der Waals surface area contributed by atoms with Crippen molar-refractivity contribution in [3.8, 4) is 0 Å². The molecule has 0 aliphatic carbocycles. The Kier molecular flexibility index (Phi) is 16.7. The highest BCUT2D eigenvalue weighted by atomic mass is 19.1. The first-order valence-corrected chi connectivity index (χ1v) is 14.5. The molecule has 2 aromatic rings. The number of hydrogen-bond acceptors (Lipinski definition) is 6. The summed E-state index contributed by atoms with van der Waals surface area (Å²) in [6, 6.07) is 9.75. The average Bonchev–Trinajstić information content (AvgIpc) is 3.29. The van der Waals surface area contributed by atoms with Crippen molar-refractivity contribution in [3.05, 3.63) is 59.2 Å². The van der Waals surface area contributed by atoms with Crippen molar-refractivity contribution >= 4 is 12.1 Å². The van der Waals surface area contributed by atoms with Gasteiger partial charge in [-0.15, -0.1) is 0 Å². The molecule has 0 amide bonds. The molecule has 0 aliphatic heterocycles. The second-order valence-corrected chi connectivity index (χ2v) is 9.87. The van der Waals surface area contributed by atoms with E-state index in [0.29, 0.717) is 31.6 Å². The lowest BCUT2D eigenvalue weighted by Gasteiger charge is -2.13. The van der Waals surface area contributed by atoms with E-state index in [1.807, 2.05) is 30.3 Å². The molecule has 0 radical (unpaired) electrons. The number of carbonyl (C=O) groups is 2. The predicted molar refractivity (Wildman–Crippen MR) is 149 cm³/mol. The maximum atomic E-state index is 14.7. The highest BCUT2D eigenvalue weighted by Crippen LogP contribution is 2.18. The number of esters is 1. The lowest BCUT2D eigenvalue weighted by atomic mass is 10.0. The summed E-state index contributed by atoms with van der Waals surface area (Å²) in [4.78, 5) is 26.8. The topological polar surface area (TPSA) is 86.9 Å². The third-order valence-electron chi connectivity index (χ3n) is 6.45. The molecule has 1 atom stereocenters. The van der Waals surface area contributed by atoms with Crippen LogP contribution in [-0.2, 0) is 32.0 Å². The Bertz CT molecular complexity index is 932. The van der Waals surface area contributed by atoms with Crippen LogP contribution in [0.1, 0.15) is 113 Å². The fourth-order valence-electron chi connectivity index (χ4n) is 4.24. The van der Waals surface area contributed by atoms with Crippen molar-refractivity contribution in [2.75, 3.05) is 13.2 Å². The van der Waals surface area contributed by atoms with Crippen molar-refractivity contribution in [2.24, 2.45) is 0 Å². The van der Waals surface area contributed by atoms with E-state index in [0.717, 1.165) is 24.8 Å². The average molecular weight is 548 g/mol. The molecule has 0 saturated carbocycles. The van der Waals surface area contributed by atoms with Gasteiger partial charge >= 0.3 is 12.1 Å². The van der Waals surface area contributed by atoms with Crippen molar-refractivity contribution in [1.29, 1.82) is 0 Å². The van der Waals surface area contributed by atoms with Gasteiger partial charge in [-0.25, -0.2) is 14.0 Å². The zero-order valence-electron chi connectivity index (χ0n) is 23.7. The number of halogens is 1. The van der Waals surface area contributed by atoms with E-state index in [1.165, 1.54) is 64.5 Å². The number of ether oxygens (including phenoxy) is 4. The van der Waals surface area contributed by atoms with Gasteiger partial charge in [-0.1, -0.05) is 101 Å². The van der Waals surface area contributed by atoms with Gasteiger partial charge in [0, 0.05) is 25.1 Å². The number of H-pyrrole nitrogens is 1. The predicted octanol–water partition coefficient (Wildman–Crippen LogP) is 8.27. The summed E-state index contributed by atoms with van der Waals surface area (Å²) < 4.78 is 35.2. The first kappa shape index (κ1) is 32.3. The van der Waals surface area contributed by atoms with Gasteiger partial charge < -0.3 is 23.9 Å². The Morgan fingerprint density at radius 1 is 0.846 bits per heavy atom. The molecule has 0 bridgehead atoms. The maximum absolute atomic E-state index is 14.7. The van der Waals surface area contributed by atoms with Crippen LogP contribution >= 0.6 is 0 Å². The lowest BCUT2D eigenvalue weighted by molar-refractivity contribution is -0.0830. The number of unbranched alkanes of at least 4 members (excludes halogenated alkanes) is 10. The lowest BCUT2D eigenvalue weighted by Crippen LogP contribution is -2.23. The van der Waals surface area contributed by atoms with Crippen LogP contribution in [-0.4, -0.2) is 36.6 Å². The van der Waals surface area contributed by atoms with E-state index in [-0.39, 0.29) is 12.3 Å². The Morgan fingerprint density at radius 2 is 1.49 bits per heavy atom. The number of hydrogen-bond donors (Lipinski definition) is 1. The third-order valence-corrected chi connectivity index (χ3v) is 6.45. The van der Waals surface area contributed by atoms with Crippen molar-refractivity contribution in [3.63, 3.8) is 0 Å². The summed E-state index contributed by atoms with van der Waals surface area (Å²) in [5.41, 5.74) is 1.25. The minimum atomic E-state index is -1.22. The van der Waals surface area contributed by atoms with E-state index < -0.39 is 24.2 Å². The Balaban J connectivity index is 1.54. The van der Waals surface area contributed by atoms with Crippen molar-refractivity contribution in [2.45, 2.75) is 110 Å². The van der Waals surface area contributed by atoms with Gasteiger partial charge in [0.15, 0.2) is 11.5 Å². The Morgan fingerprint density at radius 3 is 2.15 bits per heavy atom. The van der Waals surface area contributed by atoms with Crippen molar-refractivity contribution < 1.29 is 32.9 Å². The number of nitrogens with one attached hydrogen (secondary N) is 1. The van der Waals surface area contributed by atoms with E-state index in [9.17, 15) is 14.0 Å². The van der Waals surface area contributed by atoms with Gasteiger partial charge in [0.2, 0.25) is 6.29 Å². The first-order valence-electron chi connectivity index (χ1n) is 14.5. The van der Waals surface area contributed by atoms with Gasteiger partial charge in [-0.2, -0.15) is 0 Å². The SMILES string of the molecule is CCCCCCCCCCCCCc1c[nH]c(C(=O)OC(C)OC(=O)OCCCOCc2ccccc2)c1F. The molecule has 1 aromatic heterocycles. The monoisotopic (exact) mass is 547 g/mol. The molecular weight excluding hydrogens is 501 g/mol. The van der Waals surface area contributed by atoms with Gasteiger partial charge in [0.25, 0.3) is 0 Å². The summed E-state index contributed by atoms with van der Waals surface area (Å²) in [5.74, 6) is -1.54. The molecule has 1 N–H and O–H groups in total. The number of rotatable bonds is 21. The summed E-state index contributed by atoms with van der Waals surface area (Å²) >= 11 is 0. The highest BCUT2D eigenvalue weighted by Gasteiger charge is 2.22. The number of aromatic amines is 1. The summed E-state index contributed by atoms with van der Waals surface area (Å²) in [7, 11) is 0. The van der Waals surface area contributed by atoms with Gasteiger partial charge in [0.1, 0.15) is 0 Å². The molecule has 2 rings (SSSR count).